The molecule has 2 aliphatic rings. The van der Waals surface area contributed by atoms with Crippen molar-refractivity contribution in [3.63, 3.8) is 0 Å². The van der Waals surface area contributed by atoms with Crippen molar-refractivity contribution in [2.45, 2.75) is 18.4 Å². The van der Waals surface area contributed by atoms with Crippen LogP contribution in [0.2, 0.25) is 0 Å². The second-order valence-corrected chi connectivity index (χ2v) is 6.24. The molecule has 0 bridgehead atoms. The lowest BCUT2D eigenvalue weighted by atomic mass is 10.1. The monoisotopic (exact) mass is 359 g/mol. The van der Waals surface area contributed by atoms with Gasteiger partial charge in [0.15, 0.2) is 0 Å². The van der Waals surface area contributed by atoms with Crippen molar-refractivity contribution in [3.05, 3.63) is 35.4 Å². The third-order valence-electron chi connectivity index (χ3n) is 4.45. The lowest BCUT2D eigenvalue weighted by Crippen LogP contribution is -2.54. The second kappa shape index (κ2) is 6.62. The van der Waals surface area contributed by atoms with Gasteiger partial charge in [0.05, 0.1) is 18.2 Å². The third-order valence-corrected chi connectivity index (χ3v) is 4.45. The smallest absolute Gasteiger partial charge is 0.262 e. The first kappa shape index (κ1) is 17.7. The highest BCUT2D eigenvalue weighted by Gasteiger charge is 2.44. The van der Waals surface area contributed by atoms with Crippen molar-refractivity contribution in [1.29, 1.82) is 0 Å². The van der Waals surface area contributed by atoms with E-state index in [-0.39, 0.29) is 31.7 Å². The van der Waals surface area contributed by atoms with Crippen LogP contribution < -0.4 is 5.32 Å². The van der Waals surface area contributed by atoms with Gasteiger partial charge in [-0.1, -0.05) is 0 Å². The number of piperazine rings is 1. The van der Waals surface area contributed by atoms with Gasteiger partial charge in [-0.3, -0.25) is 14.9 Å². The van der Waals surface area contributed by atoms with Gasteiger partial charge in [0.1, 0.15) is 11.6 Å². The Morgan fingerprint density at radius 1 is 1.08 bits per heavy atom. The van der Waals surface area contributed by atoms with Gasteiger partial charge in [0.25, 0.3) is 11.8 Å². The van der Waals surface area contributed by atoms with E-state index < -0.39 is 48.4 Å². The molecule has 1 atom stereocenters. The molecule has 25 heavy (non-hydrogen) atoms. The number of benzene rings is 1. The van der Waals surface area contributed by atoms with Crippen LogP contribution in [0.25, 0.3) is 0 Å². The summed E-state index contributed by atoms with van der Waals surface area (Å²) >= 11 is 0. The minimum atomic E-state index is -2.89. The Balaban J connectivity index is 1.58. The van der Waals surface area contributed by atoms with E-state index in [2.05, 4.69) is 5.32 Å². The molecule has 1 aromatic carbocycles. The molecule has 1 unspecified atom stereocenters. The van der Waals surface area contributed by atoms with Gasteiger partial charge in [0, 0.05) is 38.7 Å². The second-order valence-electron chi connectivity index (χ2n) is 6.24. The van der Waals surface area contributed by atoms with Crippen molar-refractivity contribution in [3.8, 4) is 0 Å². The Kier molecular flexibility index (Phi) is 4.68. The Bertz CT molecular complexity index is 690. The number of nitrogens with one attached hydrogen (secondary N) is 1. The first-order chi connectivity index (χ1) is 11.8. The molecule has 136 valence electrons. The van der Waals surface area contributed by atoms with E-state index in [1.807, 2.05) is 0 Å². The summed E-state index contributed by atoms with van der Waals surface area (Å²) in [6, 6.07) is 1.79. The number of hydrogen-bond acceptors (Lipinski definition) is 3. The average molecular weight is 359 g/mol. The Morgan fingerprint density at radius 3 is 2.28 bits per heavy atom. The maximum absolute atomic E-state index is 13.7. The van der Waals surface area contributed by atoms with Gasteiger partial charge in [-0.15, -0.1) is 0 Å². The zero-order chi connectivity index (χ0) is 18.2. The molecule has 9 heteroatoms. The Morgan fingerprint density at radius 2 is 1.72 bits per heavy atom. The first-order valence-corrected chi connectivity index (χ1v) is 7.91. The number of nitrogens with zero attached hydrogens (tertiary/aromatic N) is 2. The number of amides is 2. The van der Waals surface area contributed by atoms with Crippen LogP contribution >= 0.6 is 0 Å². The zero-order valence-electron chi connectivity index (χ0n) is 13.3. The maximum Gasteiger partial charge on any atom is 0.262 e. The van der Waals surface area contributed by atoms with Crippen molar-refractivity contribution in [2.24, 2.45) is 0 Å². The summed E-state index contributed by atoms with van der Waals surface area (Å²) in [5.41, 5.74) is -0.238. The number of carbonyl (C=O) groups is 2. The number of carbonyl (C=O) groups excluding carboxylic acids is 2. The van der Waals surface area contributed by atoms with Crippen LogP contribution in [-0.4, -0.2) is 66.3 Å². The summed E-state index contributed by atoms with van der Waals surface area (Å²) < 4.78 is 53.0. The largest absolute Gasteiger partial charge is 0.338 e. The number of hydrogen-bond donors (Lipinski definition) is 1. The van der Waals surface area contributed by atoms with Gasteiger partial charge in [-0.25, -0.2) is 17.6 Å². The van der Waals surface area contributed by atoms with Crippen molar-refractivity contribution in [2.75, 3.05) is 32.7 Å². The predicted octanol–water partition coefficient (Wildman–Crippen LogP) is 1.25. The molecule has 0 aliphatic carbocycles. The van der Waals surface area contributed by atoms with Gasteiger partial charge in [-0.05, 0) is 12.1 Å². The summed E-state index contributed by atoms with van der Waals surface area (Å²) in [6.07, 6.45) is -0.536. The van der Waals surface area contributed by atoms with E-state index in [0.717, 1.165) is 12.1 Å². The lowest BCUT2D eigenvalue weighted by Gasteiger charge is -2.36. The summed E-state index contributed by atoms with van der Waals surface area (Å²) in [4.78, 5) is 27.3. The van der Waals surface area contributed by atoms with E-state index in [4.69, 9.17) is 0 Å². The Labute approximate surface area is 141 Å². The van der Waals surface area contributed by atoms with Gasteiger partial charge >= 0.3 is 0 Å². The molecule has 1 N–H and O–H groups in total. The quantitative estimate of drug-likeness (QED) is 0.809. The zero-order valence-corrected chi connectivity index (χ0v) is 13.3. The minimum Gasteiger partial charge on any atom is -0.338 e. The van der Waals surface area contributed by atoms with Crippen LogP contribution in [0.3, 0.4) is 0 Å². The van der Waals surface area contributed by atoms with Gasteiger partial charge < -0.3 is 9.80 Å². The number of alkyl halides is 2. The predicted molar refractivity (Wildman–Crippen MR) is 80.2 cm³/mol. The maximum atomic E-state index is 13.7. The van der Waals surface area contributed by atoms with Crippen LogP contribution in [0.15, 0.2) is 18.2 Å². The number of rotatable bonds is 2. The highest BCUT2D eigenvalue weighted by Crippen LogP contribution is 2.26. The van der Waals surface area contributed by atoms with Crippen LogP contribution in [0.1, 0.15) is 16.8 Å². The van der Waals surface area contributed by atoms with E-state index in [1.165, 1.54) is 9.80 Å². The van der Waals surface area contributed by atoms with Crippen LogP contribution in [0, 0.1) is 11.6 Å². The molecule has 2 saturated heterocycles. The SMILES string of the molecule is O=C(c1ccc(F)cc1F)N1CCN(C(=O)C2CC(F)(F)CN2)CC1. The van der Waals surface area contributed by atoms with E-state index in [1.54, 1.807) is 0 Å². The number of halogens is 4. The minimum absolute atomic E-state index is 0.157. The lowest BCUT2D eigenvalue weighted by molar-refractivity contribution is -0.135. The Hall–Kier alpha value is -2.16. The fourth-order valence-corrected chi connectivity index (χ4v) is 3.07. The van der Waals surface area contributed by atoms with E-state index in [0.29, 0.717) is 6.07 Å². The fraction of sp³-hybridized carbons (Fsp3) is 0.500. The highest BCUT2D eigenvalue weighted by atomic mass is 19.3. The van der Waals surface area contributed by atoms with Crippen molar-refractivity contribution in [1.82, 2.24) is 15.1 Å². The summed E-state index contributed by atoms with van der Waals surface area (Å²) in [5, 5.41) is 2.51. The van der Waals surface area contributed by atoms with Gasteiger partial charge in [-0.2, -0.15) is 0 Å². The molecule has 3 rings (SSSR count). The standard InChI is InChI=1S/C16H17F4N3O2/c17-10-1-2-11(12(18)7-10)14(24)22-3-5-23(6-4-22)15(25)13-8-16(19,20)9-21-13/h1-2,7,13,21H,3-6,8-9H2. The molecule has 5 nitrogen and oxygen atoms in total. The highest BCUT2D eigenvalue weighted by molar-refractivity contribution is 5.94. The molecule has 2 amide bonds. The summed E-state index contributed by atoms with van der Waals surface area (Å²) in [5.74, 6) is -5.61. The molecule has 2 fully saturated rings. The van der Waals surface area contributed by atoms with E-state index >= 15 is 0 Å². The molecule has 2 aliphatic heterocycles. The summed E-state index contributed by atoms with van der Waals surface area (Å²) in [7, 11) is 0. The van der Waals surface area contributed by atoms with Crippen LogP contribution in [0.5, 0.6) is 0 Å². The molecule has 0 saturated carbocycles. The average Bonchev–Trinajstić information content (AvgIpc) is 2.94. The topological polar surface area (TPSA) is 52.7 Å². The fourth-order valence-electron chi connectivity index (χ4n) is 3.07. The molecular formula is C16H17F4N3O2. The molecule has 0 spiro atoms. The normalized spacial score (nSPS) is 23.0. The molecule has 1 aromatic rings. The summed E-state index contributed by atoms with van der Waals surface area (Å²) in [6.45, 7) is 0.148. The van der Waals surface area contributed by atoms with Gasteiger partial charge in [0.2, 0.25) is 5.91 Å². The third kappa shape index (κ3) is 3.76. The van der Waals surface area contributed by atoms with Crippen LogP contribution in [0.4, 0.5) is 17.6 Å². The molecule has 2 heterocycles. The van der Waals surface area contributed by atoms with E-state index in [9.17, 15) is 27.2 Å². The first-order valence-electron chi connectivity index (χ1n) is 7.91. The van der Waals surface area contributed by atoms with Crippen molar-refractivity contribution >= 4 is 11.8 Å². The molecule has 0 radical (unpaired) electrons. The van der Waals surface area contributed by atoms with Crippen molar-refractivity contribution < 1.29 is 27.2 Å². The molecule has 0 aromatic heterocycles. The van der Waals surface area contributed by atoms with Crippen LogP contribution in [-0.2, 0) is 4.79 Å². The molecular weight excluding hydrogens is 342 g/mol.